The van der Waals surface area contributed by atoms with E-state index in [2.05, 4.69) is 34.5 Å². The summed E-state index contributed by atoms with van der Waals surface area (Å²) in [5.74, 6) is 0. The van der Waals surface area contributed by atoms with Crippen LogP contribution in [0.1, 0.15) is 31.2 Å². The highest BCUT2D eigenvalue weighted by Crippen LogP contribution is 2.29. The minimum Gasteiger partial charge on any atom is -0.389 e. The van der Waals surface area contributed by atoms with E-state index in [1.807, 2.05) is 0 Å². The maximum atomic E-state index is 10.4. The molecule has 1 aliphatic heterocycles. The average Bonchev–Trinajstić information content (AvgIpc) is 2.95. The summed E-state index contributed by atoms with van der Waals surface area (Å²) >= 11 is 0. The lowest BCUT2D eigenvalue weighted by molar-refractivity contribution is 0.0475. The number of hydrogen-bond acceptors (Lipinski definition) is 4. The molecule has 1 aromatic rings. The Hall–Kier alpha value is -1.10. The largest absolute Gasteiger partial charge is 0.389 e. The molecule has 0 unspecified atom stereocenters. The van der Waals surface area contributed by atoms with Crippen LogP contribution in [-0.2, 0) is 11.3 Å². The van der Waals surface area contributed by atoms with Gasteiger partial charge in [-0.1, -0.05) is 31.0 Å². The topological polar surface area (TPSA) is 44.7 Å². The third-order valence-corrected chi connectivity index (χ3v) is 4.65. The highest BCUT2D eigenvalue weighted by molar-refractivity contribution is 5.53. The Kier molecular flexibility index (Phi) is 4.78. The molecule has 0 aromatic heterocycles. The van der Waals surface area contributed by atoms with Crippen molar-refractivity contribution < 1.29 is 9.84 Å². The van der Waals surface area contributed by atoms with Crippen LogP contribution < -0.4 is 10.2 Å². The third kappa shape index (κ3) is 3.76. The average molecular weight is 290 g/mol. The normalized spacial score (nSPS) is 21.7. The molecule has 2 N–H and O–H groups in total. The van der Waals surface area contributed by atoms with Gasteiger partial charge in [0.25, 0.3) is 0 Å². The molecular formula is C17H26N2O2. The summed E-state index contributed by atoms with van der Waals surface area (Å²) in [5.41, 5.74) is 2.13. The minimum absolute atomic E-state index is 0.478. The van der Waals surface area contributed by atoms with Crippen molar-refractivity contribution in [3.63, 3.8) is 0 Å². The second kappa shape index (κ2) is 6.77. The van der Waals surface area contributed by atoms with Crippen LogP contribution in [0.2, 0.25) is 0 Å². The fourth-order valence-corrected chi connectivity index (χ4v) is 3.41. The van der Waals surface area contributed by atoms with Gasteiger partial charge in [0, 0.05) is 31.9 Å². The molecule has 0 bridgehead atoms. The lowest BCUT2D eigenvalue weighted by Crippen LogP contribution is -2.39. The van der Waals surface area contributed by atoms with E-state index in [0.29, 0.717) is 6.54 Å². The molecule has 3 rings (SSSR count). The van der Waals surface area contributed by atoms with Gasteiger partial charge in [-0.15, -0.1) is 0 Å². The van der Waals surface area contributed by atoms with E-state index in [-0.39, 0.29) is 0 Å². The summed E-state index contributed by atoms with van der Waals surface area (Å²) in [6.45, 7) is 5.05. The molecule has 21 heavy (non-hydrogen) atoms. The molecule has 0 spiro atoms. The van der Waals surface area contributed by atoms with Gasteiger partial charge in [0.15, 0.2) is 0 Å². The van der Waals surface area contributed by atoms with Crippen molar-refractivity contribution in [2.45, 2.75) is 37.8 Å². The number of aliphatic hydroxyl groups is 1. The Morgan fingerprint density at radius 2 is 1.86 bits per heavy atom. The molecule has 1 aromatic carbocycles. The van der Waals surface area contributed by atoms with E-state index in [1.54, 1.807) is 0 Å². The predicted octanol–water partition coefficient (Wildman–Crippen LogP) is 1.92. The van der Waals surface area contributed by atoms with Crippen LogP contribution in [0.3, 0.4) is 0 Å². The highest BCUT2D eigenvalue weighted by atomic mass is 16.5. The standard InChI is InChI=1S/C17H26N2O2/c20-17(7-3-4-8-17)14-18-13-15-5-1-2-6-16(15)19-9-11-21-12-10-19/h1-2,5-6,18,20H,3-4,7-14H2. The van der Waals surface area contributed by atoms with E-state index in [4.69, 9.17) is 4.74 Å². The Morgan fingerprint density at radius 3 is 2.62 bits per heavy atom. The number of nitrogens with zero attached hydrogens (tertiary/aromatic N) is 1. The van der Waals surface area contributed by atoms with Crippen molar-refractivity contribution in [1.82, 2.24) is 5.32 Å². The summed E-state index contributed by atoms with van der Waals surface area (Å²) < 4.78 is 5.43. The summed E-state index contributed by atoms with van der Waals surface area (Å²) in [4.78, 5) is 2.39. The zero-order valence-corrected chi connectivity index (χ0v) is 12.7. The molecule has 1 saturated carbocycles. The fourth-order valence-electron chi connectivity index (χ4n) is 3.41. The van der Waals surface area contributed by atoms with Crippen LogP contribution >= 0.6 is 0 Å². The summed E-state index contributed by atoms with van der Waals surface area (Å²) in [5, 5.41) is 13.9. The second-order valence-corrected chi connectivity index (χ2v) is 6.26. The van der Waals surface area contributed by atoms with Crippen LogP contribution in [0.5, 0.6) is 0 Å². The number of para-hydroxylation sites is 1. The van der Waals surface area contributed by atoms with Crippen LogP contribution in [-0.4, -0.2) is 43.6 Å². The van der Waals surface area contributed by atoms with Gasteiger partial charge in [-0.05, 0) is 24.5 Å². The van der Waals surface area contributed by atoms with E-state index >= 15 is 0 Å². The van der Waals surface area contributed by atoms with Gasteiger partial charge >= 0.3 is 0 Å². The number of hydrogen-bond donors (Lipinski definition) is 2. The van der Waals surface area contributed by atoms with Crippen molar-refractivity contribution in [2.24, 2.45) is 0 Å². The molecule has 4 heteroatoms. The molecule has 0 amide bonds. The fraction of sp³-hybridized carbons (Fsp3) is 0.647. The molecule has 4 nitrogen and oxygen atoms in total. The smallest absolute Gasteiger partial charge is 0.0771 e. The van der Waals surface area contributed by atoms with Crippen LogP contribution in [0, 0.1) is 0 Å². The second-order valence-electron chi connectivity index (χ2n) is 6.26. The molecule has 2 fully saturated rings. The number of rotatable bonds is 5. The first kappa shape index (κ1) is 14.8. The Balaban J connectivity index is 1.59. The maximum absolute atomic E-state index is 10.4. The van der Waals surface area contributed by atoms with Gasteiger partial charge in [-0.3, -0.25) is 0 Å². The molecule has 1 saturated heterocycles. The Bertz CT molecular complexity index is 452. The van der Waals surface area contributed by atoms with Crippen molar-refractivity contribution in [1.29, 1.82) is 0 Å². The maximum Gasteiger partial charge on any atom is 0.0771 e. The monoisotopic (exact) mass is 290 g/mol. The first-order valence-electron chi connectivity index (χ1n) is 8.11. The minimum atomic E-state index is -0.478. The first-order valence-corrected chi connectivity index (χ1v) is 8.11. The number of nitrogens with one attached hydrogen (secondary N) is 1. The predicted molar refractivity (Wildman–Crippen MR) is 84.6 cm³/mol. The van der Waals surface area contributed by atoms with Gasteiger partial charge in [0.1, 0.15) is 0 Å². The zero-order valence-electron chi connectivity index (χ0n) is 12.7. The molecule has 0 radical (unpaired) electrons. The van der Waals surface area contributed by atoms with Gasteiger partial charge < -0.3 is 20.1 Å². The quantitative estimate of drug-likeness (QED) is 0.869. The van der Waals surface area contributed by atoms with E-state index in [9.17, 15) is 5.11 Å². The van der Waals surface area contributed by atoms with Gasteiger partial charge in [0.2, 0.25) is 0 Å². The van der Waals surface area contributed by atoms with E-state index in [1.165, 1.54) is 11.3 Å². The lowest BCUT2D eigenvalue weighted by atomic mass is 10.0. The van der Waals surface area contributed by atoms with E-state index in [0.717, 1.165) is 58.5 Å². The highest BCUT2D eigenvalue weighted by Gasteiger charge is 2.30. The van der Waals surface area contributed by atoms with Gasteiger partial charge in [-0.25, -0.2) is 0 Å². The van der Waals surface area contributed by atoms with Crippen LogP contribution in [0.25, 0.3) is 0 Å². The molecule has 1 aliphatic carbocycles. The molecule has 1 heterocycles. The van der Waals surface area contributed by atoms with Crippen molar-refractivity contribution >= 4 is 5.69 Å². The zero-order chi connectivity index (χ0) is 14.5. The van der Waals surface area contributed by atoms with Crippen molar-refractivity contribution in [3.8, 4) is 0 Å². The Morgan fingerprint density at radius 1 is 1.14 bits per heavy atom. The molecular weight excluding hydrogens is 264 g/mol. The first-order chi connectivity index (χ1) is 10.3. The summed E-state index contributed by atoms with van der Waals surface area (Å²) in [6.07, 6.45) is 4.18. The number of ether oxygens (including phenoxy) is 1. The van der Waals surface area contributed by atoms with Crippen LogP contribution in [0.15, 0.2) is 24.3 Å². The van der Waals surface area contributed by atoms with Gasteiger partial charge in [-0.2, -0.15) is 0 Å². The summed E-state index contributed by atoms with van der Waals surface area (Å²) in [7, 11) is 0. The molecule has 2 aliphatic rings. The molecule has 0 atom stereocenters. The lowest BCUT2D eigenvalue weighted by Gasteiger charge is -2.31. The molecule has 116 valence electrons. The SMILES string of the molecule is OC1(CNCc2ccccc2N2CCOCC2)CCCC1. The third-order valence-electron chi connectivity index (χ3n) is 4.65. The van der Waals surface area contributed by atoms with Crippen molar-refractivity contribution in [2.75, 3.05) is 37.7 Å². The number of morpholine rings is 1. The number of benzene rings is 1. The Labute approximate surface area is 127 Å². The van der Waals surface area contributed by atoms with Crippen LogP contribution in [0.4, 0.5) is 5.69 Å². The number of anilines is 1. The van der Waals surface area contributed by atoms with Crippen molar-refractivity contribution in [3.05, 3.63) is 29.8 Å². The van der Waals surface area contributed by atoms with Gasteiger partial charge in [0.05, 0.1) is 18.8 Å². The van der Waals surface area contributed by atoms with E-state index < -0.39 is 5.60 Å². The summed E-state index contributed by atoms with van der Waals surface area (Å²) in [6, 6.07) is 8.55.